The fourth-order valence-corrected chi connectivity index (χ4v) is 2.65. The van der Waals surface area contributed by atoms with Crippen LogP contribution in [0.3, 0.4) is 0 Å². The molecule has 0 radical (unpaired) electrons. The minimum absolute atomic E-state index is 0.0968. The molecule has 0 saturated carbocycles. The van der Waals surface area contributed by atoms with Crippen molar-refractivity contribution in [2.24, 2.45) is 5.41 Å². The van der Waals surface area contributed by atoms with Gasteiger partial charge in [0.1, 0.15) is 0 Å². The van der Waals surface area contributed by atoms with Crippen molar-refractivity contribution in [3.05, 3.63) is 29.3 Å². The van der Waals surface area contributed by atoms with Crippen LogP contribution in [0.15, 0.2) is 23.1 Å². The Labute approximate surface area is 131 Å². The number of amides is 2. The monoisotopic (exact) mass is 310 g/mol. The molecule has 21 heavy (non-hydrogen) atoms. The molecule has 118 valence electrons. The van der Waals surface area contributed by atoms with Gasteiger partial charge in [-0.05, 0) is 42.2 Å². The number of urea groups is 1. The van der Waals surface area contributed by atoms with Crippen LogP contribution in [0.2, 0.25) is 0 Å². The first-order valence-corrected chi connectivity index (χ1v) is 8.36. The summed E-state index contributed by atoms with van der Waals surface area (Å²) in [5.41, 5.74) is 2.25. The molecule has 5 heteroatoms. The van der Waals surface area contributed by atoms with Gasteiger partial charge < -0.3 is 15.7 Å². The first-order chi connectivity index (χ1) is 9.88. The van der Waals surface area contributed by atoms with Gasteiger partial charge in [0, 0.05) is 24.6 Å². The first kappa shape index (κ1) is 17.9. The van der Waals surface area contributed by atoms with Gasteiger partial charge in [0.25, 0.3) is 0 Å². The zero-order valence-corrected chi connectivity index (χ0v) is 14.1. The molecule has 0 aliphatic heterocycles. The van der Waals surface area contributed by atoms with Crippen LogP contribution in [-0.2, 0) is 6.54 Å². The lowest BCUT2D eigenvalue weighted by Crippen LogP contribution is -2.40. The second-order valence-corrected chi connectivity index (χ2v) is 6.84. The zero-order chi connectivity index (χ0) is 15.9. The van der Waals surface area contributed by atoms with Crippen LogP contribution in [-0.4, -0.2) is 30.5 Å². The van der Waals surface area contributed by atoms with Crippen molar-refractivity contribution in [1.82, 2.24) is 10.6 Å². The Kier molecular flexibility index (Phi) is 7.05. The summed E-state index contributed by atoms with van der Waals surface area (Å²) in [6.45, 7) is 7.31. The van der Waals surface area contributed by atoms with E-state index in [1.165, 1.54) is 10.5 Å². The van der Waals surface area contributed by atoms with Gasteiger partial charge >= 0.3 is 6.03 Å². The number of aliphatic hydroxyl groups is 1. The van der Waals surface area contributed by atoms with E-state index in [4.69, 9.17) is 5.11 Å². The highest BCUT2D eigenvalue weighted by Gasteiger charge is 2.18. The van der Waals surface area contributed by atoms with Crippen molar-refractivity contribution in [2.45, 2.75) is 38.6 Å². The van der Waals surface area contributed by atoms with E-state index in [1.54, 1.807) is 11.8 Å². The number of hydrogen-bond donors (Lipinski definition) is 3. The number of hydrogen-bond acceptors (Lipinski definition) is 3. The molecule has 0 atom stereocenters. The summed E-state index contributed by atoms with van der Waals surface area (Å²) < 4.78 is 0. The molecule has 0 saturated heterocycles. The van der Waals surface area contributed by atoms with Crippen molar-refractivity contribution >= 4 is 17.8 Å². The van der Waals surface area contributed by atoms with Gasteiger partial charge in [-0.25, -0.2) is 4.79 Å². The number of carbonyl (C=O) groups is 1. The number of benzene rings is 1. The van der Waals surface area contributed by atoms with Crippen LogP contribution in [0.25, 0.3) is 0 Å². The predicted octanol–water partition coefficient (Wildman–Crippen LogP) is 2.92. The van der Waals surface area contributed by atoms with Crippen molar-refractivity contribution in [2.75, 3.05) is 19.4 Å². The van der Waals surface area contributed by atoms with Crippen LogP contribution >= 0.6 is 11.8 Å². The van der Waals surface area contributed by atoms with Crippen LogP contribution in [0.5, 0.6) is 0 Å². The summed E-state index contributed by atoms with van der Waals surface area (Å²) >= 11 is 1.69. The van der Waals surface area contributed by atoms with Crippen LogP contribution in [0.1, 0.15) is 31.4 Å². The Morgan fingerprint density at radius 1 is 1.33 bits per heavy atom. The molecule has 0 heterocycles. The standard InChI is InChI=1S/C16H26N2O2S/c1-12-5-6-13(14(9-12)21-4)10-17-15(20)18-11-16(2,3)7-8-19/h5-6,9,19H,7-8,10-11H2,1-4H3,(H2,17,18,20). The summed E-state index contributed by atoms with van der Waals surface area (Å²) in [7, 11) is 0. The van der Waals surface area contributed by atoms with Crippen molar-refractivity contribution in [3.63, 3.8) is 0 Å². The van der Waals surface area contributed by atoms with Gasteiger partial charge in [-0.2, -0.15) is 0 Å². The van der Waals surface area contributed by atoms with E-state index in [2.05, 4.69) is 35.8 Å². The number of aryl methyl sites for hydroxylation is 1. The second-order valence-electron chi connectivity index (χ2n) is 5.99. The summed E-state index contributed by atoms with van der Waals surface area (Å²) in [5.74, 6) is 0. The molecule has 0 bridgehead atoms. The average molecular weight is 310 g/mol. The maximum absolute atomic E-state index is 11.8. The van der Waals surface area contributed by atoms with E-state index < -0.39 is 0 Å². The van der Waals surface area contributed by atoms with Gasteiger partial charge in [0.15, 0.2) is 0 Å². The van der Waals surface area contributed by atoms with Crippen LogP contribution in [0, 0.1) is 12.3 Å². The summed E-state index contributed by atoms with van der Waals surface area (Å²) in [6.07, 6.45) is 2.71. The average Bonchev–Trinajstić information content (AvgIpc) is 2.43. The van der Waals surface area contributed by atoms with E-state index in [0.29, 0.717) is 19.5 Å². The lowest BCUT2D eigenvalue weighted by molar-refractivity contribution is 0.201. The van der Waals surface area contributed by atoms with Gasteiger partial charge in [0.2, 0.25) is 0 Å². The molecule has 2 amide bonds. The van der Waals surface area contributed by atoms with E-state index in [-0.39, 0.29) is 18.1 Å². The Hall–Kier alpha value is -1.20. The highest BCUT2D eigenvalue weighted by Crippen LogP contribution is 2.21. The number of rotatable bonds is 7. The topological polar surface area (TPSA) is 61.4 Å². The second kappa shape index (κ2) is 8.29. The SMILES string of the molecule is CSc1cc(C)ccc1CNC(=O)NCC(C)(C)CCO. The molecule has 3 N–H and O–H groups in total. The minimum atomic E-state index is -0.173. The highest BCUT2D eigenvalue weighted by atomic mass is 32.2. The van der Waals surface area contributed by atoms with E-state index >= 15 is 0 Å². The van der Waals surface area contributed by atoms with Crippen LogP contribution in [0.4, 0.5) is 4.79 Å². The molecule has 0 aliphatic rings. The van der Waals surface area contributed by atoms with Gasteiger partial charge in [-0.15, -0.1) is 11.8 Å². The molecule has 0 unspecified atom stereocenters. The van der Waals surface area contributed by atoms with Gasteiger partial charge in [-0.1, -0.05) is 26.0 Å². The predicted molar refractivity (Wildman–Crippen MR) is 88.7 cm³/mol. The van der Waals surface area contributed by atoms with Crippen molar-refractivity contribution in [3.8, 4) is 0 Å². The van der Waals surface area contributed by atoms with E-state index in [9.17, 15) is 4.79 Å². The molecule has 0 aliphatic carbocycles. The van der Waals surface area contributed by atoms with Crippen molar-refractivity contribution in [1.29, 1.82) is 0 Å². The van der Waals surface area contributed by atoms with Crippen LogP contribution < -0.4 is 10.6 Å². The third-order valence-corrected chi connectivity index (χ3v) is 4.22. The summed E-state index contributed by atoms with van der Waals surface area (Å²) in [6, 6.07) is 6.06. The quantitative estimate of drug-likeness (QED) is 0.679. The maximum Gasteiger partial charge on any atom is 0.315 e. The molecule has 0 aromatic heterocycles. The number of nitrogens with one attached hydrogen (secondary N) is 2. The molecular weight excluding hydrogens is 284 g/mol. The normalized spacial score (nSPS) is 11.3. The number of carbonyl (C=O) groups excluding carboxylic acids is 1. The largest absolute Gasteiger partial charge is 0.396 e. The lowest BCUT2D eigenvalue weighted by atomic mass is 9.90. The minimum Gasteiger partial charge on any atom is -0.396 e. The smallest absolute Gasteiger partial charge is 0.315 e. The number of thioether (sulfide) groups is 1. The summed E-state index contributed by atoms with van der Waals surface area (Å²) in [4.78, 5) is 13.0. The third-order valence-electron chi connectivity index (χ3n) is 3.40. The zero-order valence-electron chi connectivity index (χ0n) is 13.3. The Balaban J connectivity index is 2.46. The van der Waals surface area contributed by atoms with E-state index in [0.717, 1.165) is 5.56 Å². The highest BCUT2D eigenvalue weighted by molar-refractivity contribution is 7.98. The Bertz CT molecular complexity index is 475. The number of aliphatic hydroxyl groups excluding tert-OH is 1. The molecule has 0 spiro atoms. The summed E-state index contributed by atoms with van der Waals surface area (Å²) in [5, 5.41) is 14.7. The van der Waals surface area contributed by atoms with Crippen molar-refractivity contribution < 1.29 is 9.90 Å². The van der Waals surface area contributed by atoms with E-state index in [1.807, 2.05) is 20.1 Å². The molecule has 0 fully saturated rings. The fraction of sp³-hybridized carbons (Fsp3) is 0.562. The van der Waals surface area contributed by atoms with Gasteiger partial charge in [-0.3, -0.25) is 0 Å². The molecule has 1 aromatic carbocycles. The molecule has 1 aromatic rings. The maximum atomic E-state index is 11.8. The fourth-order valence-electron chi connectivity index (χ4n) is 1.95. The molecular formula is C16H26N2O2S. The van der Waals surface area contributed by atoms with Gasteiger partial charge in [0.05, 0.1) is 0 Å². The Morgan fingerprint density at radius 3 is 2.67 bits per heavy atom. The Morgan fingerprint density at radius 2 is 2.05 bits per heavy atom. The molecule has 1 rings (SSSR count). The third kappa shape index (κ3) is 6.40. The first-order valence-electron chi connectivity index (χ1n) is 7.14. The molecule has 4 nitrogen and oxygen atoms in total. The lowest BCUT2D eigenvalue weighted by Gasteiger charge is -2.24.